The number of nitrogens with zero attached hydrogens (tertiary/aromatic N) is 2. The van der Waals surface area contributed by atoms with Gasteiger partial charge < -0.3 is 4.74 Å². The molecule has 0 saturated carbocycles. The summed E-state index contributed by atoms with van der Waals surface area (Å²) in [5.41, 5.74) is 2.19. The van der Waals surface area contributed by atoms with E-state index in [1.54, 1.807) is 23.8 Å². The highest BCUT2D eigenvalue weighted by Crippen LogP contribution is 2.47. The Labute approximate surface area is 203 Å². The predicted molar refractivity (Wildman–Crippen MR) is 136 cm³/mol. The van der Waals surface area contributed by atoms with Gasteiger partial charge >= 0.3 is 0 Å². The lowest BCUT2D eigenvalue weighted by Gasteiger charge is -2.31. The summed E-state index contributed by atoms with van der Waals surface area (Å²) in [5, 5.41) is 0. The first-order valence-electron chi connectivity index (χ1n) is 10.1. The Morgan fingerprint density at radius 1 is 0.939 bits per heavy atom. The van der Waals surface area contributed by atoms with E-state index in [0.29, 0.717) is 3.95 Å². The predicted octanol–water partition coefficient (Wildman–Crippen LogP) is 6.14. The van der Waals surface area contributed by atoms with E-state index < -0.39 is 0 Å². The molecule has 0 atom stereocenters. The molecule has 0 N–H and O–H groups in total. The average Bonchev–Trinajstić information content (AvgIpc) is 2.84. The van der Waals surface area contributed by atoms with E-state index in [0.717, 1.165) is 37.4 Å². The van der Waals surface area contributed by atoms with Crippen LogP contribution in [0.4, 0.5) is 11.4 Å². The van der Waals surface area contributed by atoms with Gasteiger partial charge in [0.05, 0.1) is 18.5 Å². The molecule has 0 spiro atoms. The molecule has 2 heterocycles. The lowest BCUT2D eigenvalue weighted by atomic mass is 10.2. The van der Waals surface area contributed by atoms with E-state index >= 15 is 0 Å². The first-order chi connectivity index (χ1) is 16.0. The van der Waals surface area contributed by atoms with Gasteiger partial charge in [0.25, 0.3) is 11.5 Å². The number of methoxy groups -OCH3 is 1. The molecule has 8 heteroatoms. The molecule has 0 fully saturated rings. The summed E-state index contributed by atoms with van der Waals surface area (Å²) in [7, 11) is 1.61. The van der Waals surface area contributed by atoms with Crippen molar-refractivity contribution in [3.8, 4) is 16.2 Å². The van der Waals surface area contributed by atoms with Gasteiger partial charge in [0.2, 0.25) is 0 Å². The summed E-state index contributed by atoms with van der Waals surface area (Å²) in [6.07, 6.45) is 0. The second-order valence-electron chi connectivity index (χ2n) is 7.30. The molecule has 0 unspecified atom stereocenters. The Balaban J connectivity index is 1.50. The Morgan fingerprint density at radius 2 is 1.55 bits per heavy atom. The molecule has 33 heavy (non-hydrogen) atoms. The highest BCUT2D eigenvalue weighted by atomic mass is 32.2. The fourth-order valence-electron chi connectivity index (χ4n) is 3.68. The quantitative estimate of drug-likeness (QED) is 0.322. The average molecular weight is 491 g/mol. The molecule has 5 rings (SSSR count). The van der Waals surface area contributed by atoms with Gasteiger partial charge in [0, 0.05) is 20.7 Å². The monoisotopic (exact) mass is 490 g/mol. The Hall–Kier alpha value is -3.20. The number of amides is 1. The van der Waals surface area contributed by atoms with E-state index in [4.69, 9.17) is 17.0 Å². The van der Waals surface area contributed by atoms with Crippen molar-refractivity contribution < 1.29 is 9.53 Å². The van der Waals surface area contributed by atoms with Gasteiger partial charge in [-0.15, -0.1) is 11.3 Å². The van der Waals surface area contributed by atoms with Crippen LogP contribution in [0.3, 0.4) is 0 Å². The van der Waals surface area contributed by atoms with E-state index in [1.165, 1.54) is 22.0 Å². The molecule has 0 bridgehead atoms. The molecule has 1 aliphatic rings. The number of carbonyl (C=O) groups excluding carboxylic acids is 1. The molecule has 4 aromatic rings. The maximum Gasteiger partial charge on any atom is 0.254 e. The van der Waals surface area contributed by atoms with E-state index in [9.17, 15) is 9.59 Å². The van der Waals surface area contributed by atoms with Crippen LogP contribution in [-0.4, -0.2) is 17.6 Å². The van der Waals surface area contributed by atoms with Crippen molar-refractivity contribution in [2.45, 2.75) is 16.3 Å². The molecule has 5 nitrogen and oxygen atoms in total. The minimum atomic E-state index is -0.300. The normalized spacial score (nSPS) is 12.1. The zero-order valence-corrected chi connectivity index (χ0v) is 20.0. The largest absolute Gasteiger partial charge is 0.497 e. The fraction of sp³-hybridized carbons (Fsp3) is 0.0800. The number of hydrogen-bond donors (Lipinski definition) is 0. The summed E-state index contributed by atoms with van der Waals surface area (Å²) in [6.45, 7) is -0.135. The molecule has 1 aromatic heterocycles. The van der Waals surface area contributed by atoms with Crippen LogP contribution in [0.1, 0.15) is 0 Å². The van der Waals surface area contributed by atoms with E-state index in [2.05, 4.69) is 0 Å². The number of para-hydroxylation sites is 2. The summed E-state index contributed by atoms with van der Waals surface area (Å²) in [6, 6.07) is 24.5. The third-order valence-corrected chi connectivity index (χ3v) is 7.86. The van der Waals surface area contributed by atoms with Crippen molar-refractivity contribution in [1.82, 2.24) is 4.57 Å². The van der Waals surface area contributed by atoms with Crippen LogP contribution in [0.15, 0.2) is 93.4 Å². The van der Waals surface area contributed by atoms with Crippen molar-refractivity contribution >= 4 is 52.6 Å². The Morgan fingerprint density at radius 3 is 2.12 bits per heavy atom. The number of aromatic nitrogens is 1. The zero-order chi connectivity index (χ0) is 22.9. The maximum atomic E-state index is 13.5. The van der Waals surface area contributed by atoms with Crippen LogP contribution >= 0.6 is 35.3 Å². The van der Waals surface area contributed by atoms with Crippen molar-refractivity contribution in [3.05, 3.63) is 93.2 Å². The molecular formula is C25H18N2O3S3. The SMILES string of the molecule is COc1ccc(-c2cc(=O)n(CC(=O)N3c4ccccc4Sc4ccccc43)c(=S)s2)cc1. The van der Waals surface area contributed by atoms with Crippen LogP contribution in [0.25, 0.3) is 10.4 Å². The van der Waals surface area contributed by atoms with Gasteiger partial charge in [0.1, 0.15) is 12.3 Å². The number of anilines is 2. The summed E-state index contributed by atoms with van der Waals surface area (Å²) in [5.74, 6) is 0.523. The van der Waals surface area contributed by atoms with Gasteiger partial charge in [0.15, 0.2) is 3.95 Å². The van der Waals surface area contributed by atoms with E-state index in [-0.39, 0.29) is 18.0 Å². The van der Waals surface area contributed by atoms with Crippen molar-refractivity contribution in [3.63, 3.8) is 0 Å². The Bertz CT molecular complexity index is 1400. The zero-order valence-electron chi connectivity index (χ0n) is 17.6. The van der Waals surface area contributed by atoms with Crippen molar-refractivity contribution in [1.29, 1.82) is 0 Å². The summed E-state index contributed by atoms with van der Waals surface area (Å²) in [4.78, 5) is 30.9. The molecule has 3 aromatic carbocycles. The van der Waals surface area contributed by atoms with Crippen molar-refractivity contribution in [2.24, 2.45) is 0 Å². The third-order valence-electron chi connectivity index (χ3n) is 5.29. The lowest BCUT2D eigenvalue weighted by molar-refractivity contribution is -0.118. The first-order valence-corrected chi connectivity index (χ1v) is 12.2. The van der Waals surface area contributed by atoms with Gasteiger partial charge in [-0.05, 0) is 66.3 Å². The molecule has 1 aliphatic heterocycles. The number of ether oxygens (including phenoxy) is 1. The van der Waals surface area contributed by atoms with Crippen molar-refractivity contribution in [2.75, 3.05) is 12.0 Å². The minimum absolute atomic E-state index is 0.135. The highest BCUT2D eigenvalue weighted by Gasteiger charge is 2.28. The molecule has 164 valence electrons. The maximum absolute atomic E-state index is 13.5. The molecule has 0 aliphatic carbocycles. The summed E-state index contributed by atoms with van der Waals surface area (Å²) < 4.78 is 6.92. The third kappa shape index (κ3) is 4.13. The van der Waals surface area contributed by atoms with Gasteiger partial charge in [-0.25, -0.2) is 0 Å². The van der Waals surface area contributed by atoms with Crippen LogP contribution in [0, 0.1) is 3.95 Å². The number of hydrogen-bond acceptors (Lipinski definition) is 6. The van der Waals surface area contributed by atoms with Crippen LogP contribution in [-0.2, 0) is 11.3 Å². The lowest BCUT2D eigenvalue weighted by Crippen LogP contribution is -2.34. The van der Waals surface area contributed by atoms with E-state index in [1.807, 2.05) is 72.8 Å². The fourth-order valence-corrected chi connectivity index (χ4v) is 6.03. The second-order valence-corrected chi connectivity index (χ2v) is 10.1. The highest BCUT2D eigenvalue weighted by molar-refractivity contribution is 7.99. The molecule has 0 radical (unpaired) electrons. The second kappa shape index (κ2) is 8.97. The van der Waals surface area contributed by atoms with Crippen LogP contribution < -0.4 is 15.2 Å². The van der Waals surface area contributed by atoms with Gasteiger partial charge in [-0.2, -0.15) is 0 Å². The van der Waals surface area contributed by atoms with Crippen LogP contribution in [0.5, 0.6) is 5.75 Å². The Kier molecular flexibility index (Phi) is 5.88. The topological polar surface area (TPSA) is 51.5 Å². The van der Waals surface area contributed by atoms with Crippen LogP contribution in [0.2, 0.25) is 0 Å². The number of carbonyl (C=O) groups is 1. The summed E-state index contributed by atoms with van der Waals surface area (Å²) >= 11 is 8.47. The molecule has 1 amide bonds. The minimum Gasteiger partial charge on any atom is -0.497 e. The molecule has 0 saturated heterocycles. The molecular weight excluding hydrogens is 472 g/mol. The number of fused-ring (bicyclic) bond motifs is 2. The standard InChI is InChI=1S/C25H18N2O3S3/c1-30-17-12-10-16(11-13-17)22-14-23(28)26(25(31)33-22)15-24(29)27-18-6-2-4-8-20(18)32-21-9-5-3-7-19(21)27/h2-14H,15H2,1H3. The number of benzene rings is 3. The van der Waals surface area contributed by atoms with Gasteiger partial charge in [-0.3, -0.25) is 19.1 Å². The smallest absolute Gasteiger partial charge is 0.254 e. The first kappa shape index (κ1) is 21.6. The van der Waals surface area contributed by atoms with Gasteiger partial charge in [-0.1, -0.05) is 36.0 Å². The number of rotatable bonds is 4.